The summed E-state index contributed by atoms with van der Waals surface area (Å²) in [5.41, 5.74) is 5.09. The standard InChI is InChI=1S/C28H34O3Si2/c1-20(30)21-6-8-22(9-7-21)23-10-12-26(31-15-14-29)25(18-23)24-11-13-27-28(19-24)33(4,5)17-16-32(27,2)3/h6-13,18-19,29H,14-17H2,1-5H3. The van der Waals surface area contributed by atoms with Crippen molar-refractivity contribution < 1.29 is 14.6 Å². The van der Waals surface area contributed by atoms with Crippen molar-refractivity contribution in [3.8, 4) is 28.0 Å². The maximum atomic E-state index is 11.7. The summed E-state index contributed by atoms with van der Waals surface area (Å²) in [4.78, 5) is 11.7. The maximum absolute atomic E-state index is 11.7. The first-order valence-corrected chi connectivity index (χ1v) is 18.2. The van der Waals surface area contributed by atoms with Crippen molar-refractivity contribution >= 4 is 32.3 Å². The van der Waals surface area contributed by atoms with E-state index in [1.807, 2.05) is 36.4 Å². The molecule has 172 valence electrons. The fraction of sp³-hybridized carbons (Fsp3) is 0.321. The van der Waals surface area contributed by atoms with E-state index < -0.39 is 16.1 Å². The van der Waals surface area contributed by atoms with E-state index in [1.165, 1.54) is 17.7 Å². The summed E-state index contributed by atoms with van der Waals surface area (Å²) in [6, 6.07) is 23.8. The Kier molecular flexibility index (Phi) is 6.49. The molecule has 1 heterocycles. The highest BCUT2D eigenvalue weighted by atomic mass is 28.3. The third kappa shape index (κ3) is 4.76. The molecular formula is C28H34O3Si2. The van der Waals surface area contributed by atoms with Crippen molar-refractivity contribution in [2.24, 2.45) is 0 Å². The van der Waals surface area contributed by atoms with Gasteiger partial charge in [-0.25, -0.2) is 0 Å². The first kappa shape index (κ1) is 23.7. The van der Waals surface area contributed by atoms with Gasteiger partial charge in [-0.2, -0.15) is 0 Å². The molecular weight excluding hydrogens is 440 g/mol. The number of ether oxygens (including phenoxy) is 1. The third-order valence-corrected chi connectivity index (χ3v) is 14.6. The van der Waals surface area contributed by atoms with E-state index in [9.17, 15) is 9.90 Å². The van der Waals surface area contributed by atoms with Crippen LogP contribution < -0.4 is 15.1 Å². The summed E-state index contributed by atoms with van der Waals surface area (Å²) in [6.45, 7) is 11.8. The molecule has 0 aliphatic carbocycles. The molecule has 0 amide bonds. The molecule has 3 aromatic rings. The molecule has 0 fully saturated rings. The summed E-state index contributed by atoms with van der Waals surface area (Å²) in [6.07, 6.45) is 0. The largest absolute Gasteiger partial charge is 0.491 e. The topological polar surface area (TPSA) is 46.5 Å². The summed E-state index contributed by atoms with van der Waals surface area (Å²) in [5.74, 6) is 0.863. The lowest BCUT2D eigenvalue weighted by atomic mass is 9.97. The monoisotopic (exact) mass is 474 g/mol. The number of hydrogen-bond donors (Lipinski definition) is 1. The predicted octanol–water partition coefficient (Wildman–Crippen LogP) is 5.44. The molecule has 5 heteroatoms. The molecule has 3 aromatic carbocycles. The van der Waals surface area contributed by atoms with Gasteiger partial charge in [0, 0.05) is 11.1 Å². The number of aliphatic hydroxyl groups excluding tert-OH is 1. The minimum Gasteiger partial charge on any atom is -0.491 e. The molecule has 3 nitrogen and oxygen atoms in total. The van der Waals surface area contributed by atoms with Crippen LogP contribution >= 0.6 is 0 Å². The second-order valence-electron chi connectivity index (χ2n) is 10.4. The number of Topliss-reactive ketones (excluding diaryl/α,β-unsaturated/α-hetero) is 1. The number of carbonyl (C=O) groups excluding carboxylic acids is 1. The van der Waals surface area contributed by atoms with Crippen molar-refractivity contribution in [1.82, 2.24) is 0 Å². The first-order chi connectivity index (χ1) is 15.6. The van der Waals surface area contributed by atoms with Crippen molar-refractivity contribution in [2.75, 3.05) is 13.2 Å². The number of hydrogen-bond acceptors (Lipinski definition) is 3. The number of rotatable bonds is 6. The highest BCUT2D eigenvalue weighted by molar-refractivity contribution is 7.03. The van der Waals surface area contributed by atoms with Gasteiger partial charge in [-0.15, -0.1) is 0 Å². The van der Waals surface area contributed by atoms with E-state index in [2.05, 4.69) is 50.5 Å². The first-order valence-electron chi connectivity index (χ1n) is 11.8. The van der Waals surface area contributed by atoms with Gasteiger partial charge in [0.05, 0.1) is 22.8 Å². The molecule has 0 aromatic heterocycles. The predicted molar refractivity (Wildman–Crippen MR) is 144 cm³/mol. The van der Waals surface area contributed by atoms with Gasteiger partial charge in [-0.3, -0.25) is 4.79 Å². The Balaban J connectivity index is 1.83. The van der Waals surface area contributed by atoms with Gasteiger partial charge >= 0.3 is 0 Å². The molecule has 0 saturated carbocycles. The quantitative estimate of drug-likeness (QED) is 0.382. The Labute approximate surface area is 199 Å². The summed E-state index contributed by atoms with van der Waals surface area (Å²) >= 11 is 0. The summed E-state index contributed by atoms with van der Waals surface area (Å²) < 4.78 is 5.94. The minimum atomic E-state index is -1.48. The van der Waals surface area contributed by atoms with Crippen molar-refractivity contribution in [3.05, 3.63) is 66.2 Å². The van der Waals surface area contributed by atoms with Crippen LogP contribution in [0.5, 0.6) is 5.75 Å². The molecule has 0 spiro atoms. The van der Waals surface area contributed by atoms with E-state index in [-0.39, 0.29) is 19.0 Å². The van der Waals surface area contributed by atoms with Crippen molar-refractivity contribution in [2.45, 2.75) is 45.2 Å². The highest BCUT2D eigenvalue weighted by Crippen LogP contribution is 2.36. The average molecular weight is 475 g/mol. The van der Waals surface area contributed by atoms with E-state index in [4.69, 9.17) is 4.74 Å². The molecule has 1 N–H and O–H groups in total. The van der Waals surface area contributed by atoms with Crippen molar-refractivity contribution in [3.63, 3.8) is 0 Å². The lowest BCUT2D eigenvalue weighted by molar-refractivity contribution is 0.101. The van der Waals surface area contributed by atoms with Crippen LogP contribution in [-0.4, -0.2) is 40.3 Å². The van der Waals surface area contributed by atoms with Gasteiger partial charge in [-0.05, 0) is 35.7 Å². The minimum absolute atomic E-state index is 0.0162. The van der Waals surface area contributed by atoms with E-state index in [0.717, 1.165) is 28.0 Å². The van der Waals surface area contributed by atoms with Crippen LogP contribution in [0, 0.1) is 0 Å². The maximum Gasteiger partial charge on any atom is 0.159 e. The molecule has 1 aliphatic heterocycles. The fourth-order valence-corrected chi connectivity index (χ4v) is 15.1. The molecule has 4 rings (SSSR count). The molecule has 0 atom stereocenters. The van der Waals surface area contributed by atoms with Crippen LogP contribution in [0.25, 0.3) is 22.3 Å². The smallest absolute Gasteiger partial charge is 0.159 e. The third-order valence-electron chi connectivity index (χ3n) is 7.12. The van der Waals surface area contributed by atoms with E-state index in [1.54, 1.807) is 17.3 Å². The molecule has 33 heavy (non-hydrogen) atoms. The van der Waals surface area contributed by atoms with E-state index >= 15 is 0 Å². The number of fused-ring (bicyclic) bond motifs is 1. The Hall–Kier alpha value is -2.48. The van der Waals surface area contributed by atoms with Gasteiger partial charge in [0.15, 0.2) is 5.78 Å². The van der Waals surface area contributed by atoms with Crippen LogP contribution in [0.3, 0.4) is 0 Å². The zero-order chi connectivity index (χ0) is 23.8. The lowest BCUT2D eigenvalue weighted by Gasteiger charge is -2.40. The van der Waals surface area contributed by atoms with Crippen LogP contribution in [-0.2, 0) is 0 Å². The summed E-state index contributed by atoms with van der Waals surface area (Å²) in [7, 11) is -2.87. The lowest BCUT2D eigenvalue weighted by Crippen LogP contribution is -2.63. The second-order valence-corrected chi connectivity index (χ2v) is 20.1. The molecule has 0 unspecified atom stereocenters. The Bertz CT molecular complexity index is 1180. The zero-order valence-corrected chi connectivity index (χ0v) is 22.4. The molecule has 1 aliphatic rings. The second kappa shape index (κ2) is 9.05. The van der Waals surface area contributed by atoms with Gasteiger partial charge in [0.2, 0.25) is 0 Å². The van der Waals surface area contributed by atoms with Crippen LogP contribution in [0.1, 0.15) is 17.3 Å². The highest BCUT2D eigenvalue weighted by Gasteiger charge is 2.39. The van der Waals surface area contributed by atoms with Crippen LogP contribution in [0.4, 0.5) is 0 Å². The normalized spacial score (nSPS) is 16.2. The molecule has 0 radical (unpaired) electrons. The Morgan fingerprint density at radius 3 is 2.06 bits per heavy atom. The van der Waals surface area contributed by atoms with Crippen molar-refractivity contribution in [1.29, 1.82) is 0 Å². The molecule has 0 saturated heterocycles. The number of ketones is 1. The van der Waals surface area contributed by atoms with Gasteiger partial charge in [0.1, 0.15) is 12.4 Å². The van der Waals surface area contributed by atoms with Gasteiger partial charge < -0.3 is 9.84 Å². The number of aliphatic hydroxyl groups is 1. The zero-order valence-electron chi connectivity index (χ0n) is 20.4. The fourth-order valence-electron chi connectivity index (χ4n) is 4.87. The number of benzene rings is 3. The average Bonchev–Trinajstić information content (AvgIpc) is 2.80. The van der Waals surface area contributed by atoms with Gasteiger partial charge in [0.25, 0.3) is 0 Å². The SMILES string of the molecule is CC(=O)c1ccc(-c2ccc(OCCO)c(-c3ccc4c(c3)[Si](C)(C)CC[Si]4(C)C)c2)cc1. The molecule has 0 bridgehead atoms. The van der Waals surface area contributed by atoms with E-state index in [0.29, 0.717) is 0 Å². The summed E-state index contributed by atoms with van der Waals surface area (Å²) in [5, 5.41) is 12.6. The number of carbonyl (C=O) groups is 1. The Morgan fingerprint density at radius 2 is 1.42 bits per heavy atom. The Morgan fingerprint density at radius 1 is 0.818 bits per heavy atom. The van der Waals surface area contributed by atoms with Crippen LogP contribution in [0.15, 0.2) is 60.7 Å². The van der Waals surface area contributed by atoms with Crippen LogP contribution in [0.2, 0.25) is 38.3 Å². The van der Waals surface area contributed by atoms with Gasteiger partial charge in [-0.1, -0.05) is 97.2 Å².